The van der Waals surface area contributed by atoms with Crippen molar-refractivity contribution < 1.29 is 27.1 Å². The van der Waals surface area contributed by atoms with Crippen LogP contribution in [0.2, 0.25) is 0 Å². The Kier molecular flexibility index (Phi) is 5.06. The molecule has 2 heterocycles. The second-order valence-electron chi connectivity index (χ2n) is 5.25. The van der Waals surface area contributed by atoms with Gasteiger partial charge in [-0.05, 0) is 12.1 Å². The van der Waals surface area contributed by atoms with Crippen LogP contribution in [0.3, 0.4) is 0 Å². The number of benzene rings is 1. The number of thiazole rings is 1. The van der Waals surface area contributed by atoms with E-state index in [1.54, 1.807) is 6.07 Å². The van der Waals surface area contributed by atoms with Crippen molar-refractivity contribution in [2.75, 3.05) is 0 Å². The van der Waals surface area contributed by atoms with E-state index in [2.05, 4.69) is 15.0 Å². The lowest BCUT2D eigenvalue weighted by Crippen LogP contribution is -2.12. The number of allylic oxidation sites excluding steroid dienone is 1. The summed E-state index contributed by atoms with van der Waals surface area (Å²) in [7, 11) is 0. The van der Waals surface area contributed by atoms with Gasteiger partial charge in [-0.3, -0.25) is 0 Å². The van der Waals surface area contributed by atoms with Gasteiger partial charge in [-0.15, -0.1) is 11.3 Å². The van der Waals surface area contributed by atoms with Gasteiger partial charge in [-0.2, -0.15) is 18.4 Å². The van der Waals surface area contributed by atoms with Gasteiger partial charge in [0.05, 0.1) is 16.8 Å². The SMILES string of the molecule is N#CC(=C(O)c1cncnc1C(F)(F)F)c1nc(-c2c(F)cccc2F)cs1. The molecule has 0 saturated heterocycles. The molecule has 1 N–H and O–H groups in total. The number of hydrogen-bond acceptors (Lipinski definition) is 6. The molecule has 0 amide bonds. The minimum Gasteiger partial charge on any atom is -0.506 e. The molecule has 3 rings (SSSR count). The standard InChI is InChI=1S/C17H7F5N4OS/c18-10-2-1-3-11(19)13(10)12-6-28-16(26-12)8(4-23)14(27)9-5-24-7-25-15(9)17(20,21)22/h1-3,5-7,27H. The van der Waals surface area contributed by atoms with Gasteiger partial charge in [0.15, 0.2) is 5.69 Å². The van der Waals surface area contributed by atoms with Crippen molar-refractivity contribution in [2.24, 2.45) is 0 Å². The molecule has 142 valence electrons. The Balaban J connectivity index is 2.14. The van der Waals surface area contributed by atoms with E-state index in [1.807, 2.05) is 0 Å². The third kappa shape index (κ3) is 3.54. The smallest absolute Gasteiger partial charge is 0.434 e. The molecule has 0 radical (unpaired) electrons. The van der Waals surface area contributed by atoms with E-state index in [0.29, 0.717) is 12.5 Å². The topological polar surface area (TPSA) is 82.7 Å². The average molecular weight is 410 g/mol. The minimum absolute atomic E-state index is 0.170. The van der Waals surface area contributed by atoms with E-state index in [4.69, 9.17) is 0 Å². The van der Waals surface area contributed by atoms with Gasteiger partial charge in [-0.25, -0.2) is 23.7 Å². The fourth-order valence-corrected chi connectivity index (χ4v) is 3.12. The van der Waals surface area contributed by atoms with E-state index in [-0.39, 0.29) is 10.7 Å². The first kappa shape index (κ1) is 19.4. The molecule has 28 heavy (non-hydrogen) atoms. The first-order chi connectivity index (χ1) is 13.2. The van der Waals surface area contributed by atoms with Gasteiger partial charge in [-0.1, -0.05) is 6.07 Å². The van der Waals surface area contributed by atoms with Gasteiger partial charge < -0.3 is 5.11 Å². The molecule has 2 aromatic heterocycles. The van der Waals surface area contributed by atoms with Crippen molar-refractivity contribution in [3.8, 4) is 17.3 Å². The number of alkyl halides is 3. The quantitative estimate of drug-likeness (QED) is 0.379. The van der Waals surface area contributed by atoms with Crippen LogP contribution in [-0.4, -0.2) is 20.1 Å². The number of nitrogens with zero attached hydrogens (tertiary/aromatic N) is 4. The predicted octanol–water partition coefficient (Wildman–Crippen LogP) is 4.85. The molecule has 0 aliphatic carbocycles. The van der Waals surface area contributed by atoms with Crippen molar-refractivity contribution in [1.82, 2.24) is 15.0 Å². The van der Waals surface area contributed by atoms with E-state index in [0.717, 1.165) is 29.5 Å². The summed E-state index contributed by atoms with van der Waals surface area (Å²) in [6, 6.07) is 4.72. The van der Waals surface area contributed by atoms with Crippen LogP contribution in [0.4, 0.5) is 22.0 Å². The van der Waals surface area contributed by atoms with Crippen LogP contribution in [0, 0.1) is 23.0 Å². The van der Waals surface area contributed by atoms with Crippen molar-refractivity contribution in [3.05, 3.63) is 64.0 Å². The monoisotopic (exact) mass is 410 g/mol. The van der Waals surface area contributed by atoms with Gasteiger partial charge in [0.2, 0.25) is 0 Å². The third-order valence-corrected chi connectivity index (χ3v) is 4.38. The summed E-state index contributed by atoms with van der Waals surface area (Å²) in [5.41, 5.74) is -3.50. The molecular weight excluding hydrogens is 403 g/mol. The lowest BCUT2D eigenvalue weighted by molar-refractivity contribution is -0.141. The summed E-state index contributed by atoms with van der Waals surface area (Å²) in [6.07, 6.45) is -3.56. The molecule has 0 bridgehead atoms. The van der Waals surface area contributed by atoms with E-state index >= 15 is 0 Å². The highest BCUT2D eigenvalue weighted by atomic mass is 32.1. The van der Waals surface area contributed by atoms with Crippen LogP contribution < -0.4 is 0 Å². The summed E-state index contributed by atoms with van der Waals surface area (Å²) in [4.78, 5) is 10.4. The van der Waals surface area contributed by atoms with E-state index in [9.17, 15) is 32.3 Å². The summed E-state index contributed by atoms with van der Waals surface area (Å²) in [5, 5.41) is 20.6. The number of aromatic nitrogens is 3. The fraction of sp³-hybridized carbons (Fsp3) is 0.0588. The van der Waals surface area contributed by atoms with Gasteiger partial charge >= 0.3 is 6.18 Å². The first-order valence-corrected chi connectivity index (χ1v) is 8.23. The Labute approximate surface area is 158 Å². The van der Waals surface area contributed by atoms with Crippen molar-refractivity contribution in [2.45, 2.75) is 6.18 Å². The molecule has 5 nitrogen and oxygen atoms in total. The molecule has 3 aromatic rings. The largest absolute Gasteiger partial charge is 0.506 e. The Morgan fingerprint density at radius 1 is 1.18 bits per heavy atom. The number of nitriles is 1. The number of aliphatic hydroxyl groups is 1. The van der Waals surface area contributed by atoms with Crippen molar-refractivity contribution >= 4 is 22.7 Å². The highest BCUT2D eigenvalue weighted by Crippen LogP contribution is 2.36. The van der Waals surface area contributed by atoms with Gasteiger partial charge in [0, 0.05) is 11.6 Å². The molecule has 0 fully saturated rings. The Hall–Kier alpha value is -3.39. The molecule has 11 heteroatoms. The summed E-state index contributed by atoms with van der Waals surface area (Å²) in [5.74, 6) is -2.86. The molecule has 1 aromatic carbocycles. The van der Waals surface area contributed by atoms with Crippen molar-refractivity contribution in [3.63, 3.8) is 0 Å². The third-order valence-electron chi connectivity index (χ3n) is 3.52. The van der Waals surface area contributed by atoms with Crippen LogP contribution in [0.1, 0.15) is 16.3 Å². The second kappa shape index (κ2) is 7.32. The number of aliphatic hydroxyl groups excluding tert-OH is 1. The Morgan fingerprint density at radius 3 is 2.46 bits per heavy atom. The zero-order valence-corrected chi connectivity index (χ0v) is 14.3. The van der Waals surface area contributed by atoms with Crippen LogP contribution >= 0.6 is 11.3 Å². The molecule has 0 aliphatic rings. The molecule has 0 spiro atoms. The van der Waals surface area contributed by atoms with E-state index < -0.39 is 46.0 Å². The zero-order valence-electron chi connectivity index (χ0n) is 13.5. The van der Waals surface area contributed by atoms with Crippen LogP contribution in [0.15, 0.2) is 36.1 Å². The molecule has 0 aliphatic heterocycles. The number of halogens is 5. The Morgan fingerprint density at radius 2 is 1.86 bits per heavy atom. The lowest BCUT2D eigenvalue weighted by atomic mass is 10.1. The molecule has 0 unspecified atom stereocenters. The lowest BCUT2D eigenvalue weighted by Gasteiger charge is -2.10. The summed E-state index contributed by atoms with van der Waals surface area (Å²) < 4.78 is 67.1. The molecule has 0 saturated carbocycles. The zero-order chi connectivity index (χ0) is 20.5. The molecular formula is C17H7F5N4OS. The second-order valence-corrected chi connectivity index (χ2v) is 6.11. The van der Waals surface area contributed by atoms with Crippen LogP contribution in [-0.2, 0) is 6.18 Å². The summed E-state index contributed by atoms with van der Waals surface area (Å²) in [6.45, 7) is 0. The summed E-state index contributed by atoms with van der Waals surface area (Å²) >= 11 is 0.724. The fourth-order valence-electron chi connectivity index (χ4n) is 2.31. The van der Waals surface area contributed by atoms with E-state index in [1.165, 1.54) is 5.38 Å². The minimum atomic E-state index is -4.91. The van der Waals surface area contributed by atoms with Crippen LogP contribution in [0.25, 0.3) is 22.6 Å². The Bertz CT molecular complexity index is 1100. The maximum Gasteiger partial charge on any atom is 0.434 e. The normalized spacial score (nSPS) is 12.4. The highest BCUT2D eigenvalue weighted by Gasteiger charge is 2.37. The van der Waals surface area contributed by atoms with Crippen molar-refractivity contribution in [1.29, 1.82) is 5.26 Å². The maximum atomic E-state index is 13.9. The van der Waals surface area contributed by atoms with Gasteiger partial charge in [0.25, 0.3) is 0 Å². The average Bonchev–Trinajstić information content (AvgIpc) is 3.10. The van der Waals surface area contributed by atoms with Gasteiger partial charge in [0.1, 0.15) is 40.4 Å². The highest BCUT2D eigenvalue weighted by molar-refractivity contribution is 7.11. The molecule has 0 atom stereocenters. The number of rotatable bonds is 3. The first-order valence-electron chi connectivity index (χ1n) is 7.35. The number of hydrogen-bond donors (Lipinski definition) is 1. The predicted molar refractivity (Wildman–Crippen MR) is 89.6 cm³/mol. The maximum absolute atomic E-state index is 13.9. The van der Waals surface area contributed by atoms with Crippen LogP contribution in [0.5, 0.6) is 0 Å².